The van der Waals surface area contributed by atoms with Gasteiger partial charge in [0, 0.05) is 18.8 Å². The average molecular weight is 454 g/mol. The number of benzene rings is 2. The van der Waals surface area contributed by atoms with Crippen molar-refractivity contribution in [3.05, 3.63) is 64.4 Å². The highest BCUT2D eigenvalue weighted by Gasteiger charge is 2.13. The largest absolute Gasteiger partial charge is 0.379 e. The van der Waals surface area contributed by atoms with Crippen molar-refractivity contribution in [2.24, 2.45) is 0 Å². The topological polar surface area (TPSA) is 73.2 Å². The van der Waals surface area contributed by atoms with Crippen LogP contribution in [-0.2, 0) is 16.1 Å². The molecule has 0 atom stereocenters. The number of fused-ring (bicyclic) bond motifs is 1. The zero-order valence-electron chi connectivity index (χ0n) is 19.1. The lowest BCUT2D eigenvalue weighted by atomic mass is 10.0. The maximum atomic E-state index is 13.1. The van der Waals surface area contributed by atoms with Crippen molar-refractivity contribution in [3.63, 3.8) is 0 Å². The number of rotatable bonds is 10. The summed E-state index contributed by atoms with van der Waals surface area (Å²) in [7, 11) is 0. The van der Waals surface area contributed by atoms with Crippen molar-refractivity contribution in [2.75, 3.05) is 17.7 Å². The van der Waals surface area contributed by atoms with Crippen molar-refractivity contribution in [1.82, 2.24) is 9.55 Å². The molecule has 0 bridgehead atoms. The molecule has 7 heteroatoms. The fourth-order valence-corrected chi connectivity index (χ4v) is 4.10. The standard InChI is InChI=1S/C25H31N3O3S/c1-17(2)19-10-12-20(13-11-19)26-23(29)16-32-25-27-22-9-6-5-8-21(22)24(30)28(25)14-7-15-31-18(3)4/h5-6,8-13,17-18H,7,14-16H2,1-4H3,(H,26,29). The van der Waals surface area contributed by atoms with Gasteiger partial charge < -0.3 is 10.1 Å². The molecule has 3 aromatic rings. The van der Waals surface area contributed by atoms with Crippen LogP contribution in [0.1, 0.15) is 45.6 Å². The predicted octanol–water partition coefficient (Wildman–Crippen LogP) is 5.07. The molecule has 0 aliphatic rings. The van der Waals surface area contributed by atoms with Gasteiger partial charge in [-0.2, -0.15) is 0 Å². The third-order valence-corrected chi connectivity index (χ3v) is 5.97. The Balaban J connectivity index is 1.72. The number of carbonyl (C=O) groups excluding carboxylic acids is 1. The smallest absolute Gasteiger partial charge is 0.262 e. The summed E-state index contributed by atoms with van der Waals surface area (Å²) >= 11 is 1.27. The Hall–Kier alpha value is -2.64. The molecule has 1 aromatic heterocycles. The number of anilines is 1. The van der Waals surface area contributed by atoms with Crippen LogP contribution >= 0.6 is 11.8 Å². The molecule has 1 N–H and O–H groups in total. The normalized spacial score (nSPS) is 11.4. The van der Waals surface area contributed by atoms with Gasteiger partial charge in [0.2, 0.25) is 5.91 Å². The second-order valence-electron chi connectivity index (χ2n) is 8.25. The molecule has 6 nitrogen and oxygen atoms in total. The fourth-order valence-electron chi connectivity index (χ4n) is 3.28. The monoisotopic (exact) mass is 453 g/mol. The van der Waals surface area contributed by atoms with Crippen LogP contribution in [0.4, 0.5) is 5.69 Å². The average Bonchev–Trinajstić information content (AvgIpc) is 2.77. The molecule has 1 amide bonds. The first-order valence-electron chi connectivity index (χ1n) is 11.0. The van der Waals surface area contributed by atoms with Crippen LogP contribution in [0.3, 0.4) is 0 Å². The molecule has 0 fully saturated rings. The second kappa shape index (κ2) is 11.3. The van der Waals surface area contributed by atoms with Gasteiger partial charge >= 0.3 is 0 Å². The number of hydrogen-bond donors (Lipinski definition) is 1. The molecule has 0 saturated heterocycles. The van der Waals surface area contributed by atoms with E-state index in [1.165, 1.54) is 17.3 Å². The van der Waals surface area contributed by atoms with Gasteiger partial charge in [0.05, 0.1) is 22.8 Å². The van der Waals surface area contributed by atoms with Gasteiger partial charge in [-0.15, -0.1) is 0 Å². The number of aromatic nitrogens is 2. The summed E-state index contributed by atoms with van der Waals surface area (Å²) < 4.78 is 7.27. The lowest BCUT2D eigenvalue weighted by molar-refractivity contribution is -0.113. The highest BCUT2D eigenvalue weighted by Crippen LogP contribution is 2.20. The predicted molar refractivity (Wildman–Crippen MR) is 132 cm³/mol. The highest BCUT2D eigenvalue weighted by molar-refractivity contribution is 7.99. The molecule has 0 unspecified atom stereocenters. The Morgan fingerprint density at radius 1 is 1.09 bits per heavy atom. The van der Waals surface area contributed by atoms with E-state index in [4.69, 9.17) is 4.74 Å². The van der Waals surface area contributed by atoms with Crippen LogP contribution in [0.25, 0.3) is 10.9 Å². The van der Waals surface area contributed by atoms with Gasteiger partial charge in [0.1, 0.15) is 0 Å². The van der Waals surface area contributed by atoms with Gasteiger partial charge in [-0.3, -0.25) is 14.2 Å². The number of hydrogen-bond acceptors (Lipinski definition) is 5. The van der Waals surface area contributed by atoms with Crippen molar-refractivity contribution in [3.8, 4) is 0 Å². The molecule has 0 aliphatic heterocycles. The van der Waals surface area contributed by atoms with E-state index >= 15 is 0 Å². The second-order valence-corrected chi connectivity index (χ2v) is 9.20. The summed E-state index contributed by atoms with van der Waals surface area (Å²) in [5, 5.41) is 4.04. The van der Waals surface area contributed by atoms with Gasteiger partial charge in [-0.1, -0.05) is 49.9 Å². The fraction of sp³-hybridized carbons (Fsp3) is 0.400. The van der Waals surface area contributed by atoms with Crippen molar-refractivity contribution >= 4 is 34.3 Å². The molecule has 0 radical (unpaired) electrons. The van der Waals surface area contributed by atoms with Gasteiger partial charge in [-0.25, -0.2) is 4.98 Å². The van der Waals surface area contributed by atoms with Crippen molar-refractivity contribution < 1.29 is 9.53 Å². The minimum Gasteiger partial charge on any atom is -0.379 e. The summed E-state index contributed by atoms with van der Waals surface area (Å²) in [6.07, 6.45) is 0.841. The summed E-state index contributed by atoms with van der Waals surface area (Å²) in [4.78, 5) is 30.3. The van der Waals surface area contributed by atoms with Crippen LogP contribution in [0.5, 0.6) is 0 Å². The molecular weight excluding hydrogens is 422 g/mol. The maximum absolute atomic E-state index is 13.1. The number of para-hydroxylation sites is 1. The van der Waals surface area contributed by atoms with E-state index in [9.17, 15) is 9.59 Å². The molecule has 0 aliphatic carbocycles. The molecule has 2 aromatic carbocycles. The Morgan fingerprint density at radius 3 is 2.50 bits per heavy atom. The molecule has 3 rings (SSSR count). The lowest BCUT2D eigenvalue weighted by Crippen LogP contribution is -2.25. The van der Waals surface area contributed by atoms with Crippen molar-refractivity contribution in [2.45, 2.75) is 57.8 Å². The van der Waals surface area contributed by atoms with E-state index in [0.29, 0.717) is 41.5 Å². The van der Waals surface area contributed by atoms with E-state index in [0.717, 1.165) is 5.69 Å². The Morgan fingerprint density at radius 2 is 1.81 bits per heavy atom. The Labute approximate surface area is 193 Å². The summed E-state index contributed by atoms with van der Waals surface area (Å²) in [5.41, 5.74) is 2.53. The van der Waals surface area contributed by atoms with Crippen molar-refractivity contribution in [1.29, 1.82) is 0 Å². The zero-order valence-corrected chi connectivity index (χ0v) is 19.9. The highest BCUT2D eigenvalue weighted by atomic mass is 32.2. The number of carbonyl (C=O) groups is 1. The minimum atomic E-state index is -0.135. The molecule has 0 saturated carbocycles. The number of ether oxygens (including phenoxy) is 1. The maximum Gasteiger partial charge on any atom is 0.262 e. The SMILES string of the molecule is CC(C)OCCCn1c(SCC(=O)Nc2ccc(C(C)C)cc2)nc2ccccc2c1=O. The molecule has 0 spiro atoms. The van der Waals surface area contributed by atoms with Crippen LogP contribution in [0.15, 0.2) is 58.5 Å². The molecule has 170 valence electrons. The first-order chi connectivity index (χ1) is 15.3. The van der Waals surface area contributed by atoms with E-state index in [1.54, 1.807) is 10.6 Å². The van der Waals surface area contributed by atoms with Crippen LogP contribution in [0, 0.1) is 0 Å². The van der Waals surface area contributed by atoms with E-state index in [2.05, 4.69) is 24.1 Å². The Bertz CT molecular complexity index is 1110. The molecule has 32 heavy (non-hydrogen) atoms. The summed E-state index contributed by atoms with van der Waals surface area (Å²) in [5.74, 6) is 0.473. The van der Waals surface area contributed by atoms with Gasteiger partial charge in [0.15, 0.2) is 5.16 Å². The first kappa shape index (κ1) is 24.0. The van der Waals surface area contributed by atoms with E-state index < -0.39 is 0 Å². The Kier molecular flexibility index (Phi) is 8.47. The van der Waals surface area contributed by atoms with E-state index in [-0.39, 0.29) is 23.3 Å². The third kappa shape index (κ3) is 6.43. The third-order valence-electron chi connectivity index (χ3n) is 5.00. The van der Waals surface area contributed by atoms with Gasteiger partial charge in [0.25, 0.3) is 5.56 Å². The quantitative estimate of drug-likeness (QED) is 0.264. The number of amides is 1. The van der Waals surface area contributed by atoms with Crippen LogP contribution in [-0.4, -0.2) is 33.9 Å². The number of nitrogens with zero attached hydrogens (tertiary/aromatic N) is 2. The lowest BCUT2D eigenvalue weighted by Gasteiger charge is -2.14. The first-order valence-corrected chi connectivity index (χ1v) is 12.0. The van der Waals surface area contributed by atoms with E-state index in [1.807, 2.05) is 56.3 Å². The van der Waals surface area contributed by atoms with Crippen LogP contribution < -0.4 is 10.9 Å². The molecular formula is C25H31N3O3S. The molecule has 1 heterocycles. The summed E-state index contributed by atoms with van der Waals surface area (Å²) in [6, 6.07) is 15.2. The number of nitrogens with one attached hydrogen (secondary N) is 1. The van der Waals surface area contributed by atoms with Gasteiger partial charge in [-0.05, 0) is 56.0 Å². The summed E-state index contributed by atoms with van der Waals surface area (Å²) in [6.45, 7) is 9.29. The zero-order chi connectivity index (χ0) is 23.1. The number of thioether (sulfide) groups is 1. The van der Waals surface area contributed by atoms with Crippen LogP contribution in [0.2, 0.25) is 0 Å². The minimum absolute atomic E-state index is 0.0904.